The molecule has 0 aliphatic carbocycles. The molecule has 6 heteroatoms. The first-order chi connectivity index (χ1) is 35.0. The molecule has 0 fully saturated rings. The normalized spacial score (nSPS) is 13.2. The molecule has 0 aliphatic rings. The topological polar surface area (TPSA) is 78.9 Å². The minimum Gasteiger partial charge on any atom is -0.462 e. The zero-order chi connectivity index (χ0) is 51.4. The molecule has 1 unspecified atom stereocenters. The maximum Gasteiger partial charge on any atom is 0.306 e. The fourth-order valence-electron chi connectivity index (χ4n) is 7.19. The van der Waals surface area contributed by atoms with E-state index in [4.69, 9.17) is 14.2 Å². The lowest BCUT2D eigenvalue weighted by Crippen LogP contribution is -2.30. The second-order valence-corrected chi connectivity index (χ2v) is 18.0. The fourth-order valence-corrected chi connectivity index (χ4v) is 7.19. The largest absolute Gasteiger partial charge is 0.462 e. The molecule has 0 amide bonds. The van der Waals surface area contributed by atoms with E-state index >= 15 is 0 Å². The Bertz CT molecular complexity index is 1590. The number of hydrogen-bond acceptors (Lipinski definition) is 6. The summed E-state index contributed by atoms with van der Waals surface area (Å²) in [5, 5.41) is 0. The van der Waals surface area contributed by atoms with E-state index in [0.717, 1.165) is 148 Å². The van der Waals surface area contributed by atoms with E-state index in [-0.39, 0.29) is 37.5 Å². The highest BCUT2D eigenvalue weighted by Crippen LogP contribution is 2.13. The molecule has 0 N–H and O–H groups in total. The van der Waals surface area contributed by atoms with Gasteiger partial charge in [0.15, 0.2) is 6.10 Å². The minimum atomic E-state index is -0.826. The Labute approximate surface area is 436 Å². The average Bonchev–Trinajstić information content (AvgIpc) is 3.37. The summed E-state index contributed by atoms with van der Waals surface area (Å²) in [5.41, 5.74) is 0. The van der Waals surface area contributed by atoms with Crippen molar-refractivity contribution in [1.82, 2.24) is 0 Å². The van der Waals surface area contributed by atoms with Crippen molar-refractivity contribution < 1.29 is 28.6 Å². The van der Waals surface area contributed by atoms with E-state index in [1.165, 1.54) is 32.1 Å². The van der Waals surface area contributed by atoms with Crippen molar-refractivity contribution in [3.8, 4) is 0 Å². The molecule has 1 atom stereocenters. The van der Waals surface area contributed by atoms with Gasteiger partial charge in [-0.2, -0.15) is 0 Å². The Morgan fingerprint density at radius 1 is 0.282 bits per heavy atom. The molecule has 0 bridgehead atoms. The van der Waals surface area contributed by atoms with E-state index in [2.05, 4.69) is 167 Å². The van der Waals surface area contributed by atoms with Crippen LogP contribution in [0, 0.1) is 0 Å². The molecule has 0 saturated heterocycles. The Hall–Kier alpha value is -4.71. The molecule has 0 rings (SSSR count). The fraction of sp³-hybridized carbons (Fsp3) is 0.585. The number of hydrogen-bond donors (Lipinski definition) is 0. The Morgan fingerprint density at radius 3 is 0.831 bits per heavy atom. The summed E-state index contributed by atoms with van der Waals surface area (Å²) in [6, 6.07) is 0. The smallest absolute Gasteiger partial charge is 0.306 e. The molecule has 0 radical (unpaired) electrons. The van der Waals surface area contributed by atoms with Crippen molar-refractivity contribution in [2.75, 3.05) is 13.2 Å². The number of carbonyl (C=O) groups is 3. The van der Waals surface area contributed by atoms with Crippen LogP contribution in [0.3, 0.4) is 0 Å². The molecule has 71 heavy (non-hydrogen) atoms. The molecule has 398 valence electrons. The Kier molecular flexibility index (Phi) is 54.0. The molecule has 0 saturated carbocycles. The van der Waals surface area contributed by atoms with Crippen LogP contribution in [-0.4, -0.2) is 37.2 Å². The van der Waals surface area contributed by atoms with Crippen LogP contribution >= 0.6 is 0 Å². The monoisotopic (exact) mass is 979 g/mol. The van der Waals surface area contributed by atoms with Gasteiger partial charge in [0, 0.05) is 19.3 Å². The van der Waals surface area contributed by atoms with Crippen LogP contribution in [0.4, 0.5) is 0 Å². The van der Waals surface area contributed by atoms with Gasteiger partial charge in [0.25, 0.3) is 0 Å². The van der Waals surface area contributed by atoms with Crippen LogP contribution in [0.5, 0.6) is 0 Å². The van der Waals surface area contributed by atoms with Crippen molar-refractivity contribution in [2.45, 2.75) is 232 Å². The van der Waals surface area contributed by atoms with Gasteiger partial charge in [0.1, 0.15) is 13.2 Å². The number of esters is 3. The number of allylic oxidation sites excluding steroid dienone is 24. The second-order valence-electron chi connectivity index (χ2n) is 18.0. The number of ether oxygens (including phenoxy) is 3. The lowest BCUT2D eigenvalue weighted by Gasteiger charge is -2.18. The molecule has 0 aromatic heterocycles. The summed E-state index contributed by atoms with van der Waals surface area (Å²) >= 11 is 0. The van der Waals surface area contributed by atoms with Gasteiger partial charge < -0.3 is 14.2 Å². The van der Waals surface area contributed by atoms with Gasteiger partial charge in [-0.05, 0) is 128 Å². The first kappa shape index (κ1) is 66.3. The standard InChI is InChI=1S/C65H102O6/c1-4-7-10-13-16-19-22-25-28-30-31-32-33-35-37-40-43-46-49-52-55-58-64(67)70-61-62(60-69-63(66)57-54-51-48-45-42-39-36-27-24-21-18-15-12-9-6-3)71-65(68)59-56-53-50-47-44-41-38-34-29-26-23-20-17-14-11-8-5-2/h7-12,16-21,25-29,31-32,36,38,41,47,50,62H,4-6,13-15,22-24,30,33-35,37,39-40,42-46,48-49,51-61H2,1-3H3/b10-7-,11-8-,12-9-,19-16-,20-17-,21-18-,28-25-,29-26-,32-31-,36-27-,41-38-,50-47-. The van der Waals surface area contributed by atoms with E-state index < -0.39 is 6.10 Å². The second kappa shape index (κ2) is 57.9. The van der Waals surface area contributed by atoms with Crippen molar-refractivity contribution >= 4 is 17.9 Å². The minimum absolute atomic E-state index is 0.116. The molecule has 6 nitrogen and oxygen atoms in total. The summed E-state index contributed by atoms with van der Waals surface area (Å²) in [6.07, 6.45) is 82.7. The van der Waals surface area contributed by atoms with Crippen molar-refractivity contribution in [1.29, 1.82) is 0 Å². The summed E-state index contributed by atoms with van der Waals surface area (Å²) in [6.45, 7) is 6.22. The van der Waals surface area contributed by atoms with Crippen LogP contribution < -0.4 is 0 Å². The zero-order valence-corrected chi connectivity index (χ0v) is 45.4. The lowest BCUT2D eigenvalue weighted by atomic mass is 10.1. The van der Waals surface area contributed by atoms with E-state index in [9.17, 15) is 14.4 Å². The molecule has 0 heterocycles. The van der Waals surface area contributed by atoms with E-state index in [1.54, 1.807) is 0 Å². The third kappa shape index (κ3) is 56.1. The quantitative estimate of drug-likeness (QED) is 0.0262. The predicted octanol–water partition coefficient (Wildman–Crippen LogP) is 19.2. The van der Waals surface area contributed by atoms with Gasteiger partial charge in [0.05, 0.1) is 0 Å². The summed E-state index contributed by atoms with van der Waals surface area (Å²) < 4.78 is 16.8. The van der Waals surface area contributed by atoms with Crippen LogP contribution in [-0.2, 0) is 28.6 Å². The van der Waals surface area contributed by atoms with E-state index in [1.807, 2.05) is 0 Å². The molecule has 0 aliphatic heterocycles. The molecule has 0 aromatic carbocycles. The highest BCUT2D eigenvalue weighted by Gasteiger charge is 2.19. The predicted molar refractivity (Wildman–Crippen MR) is 306 cm³/mol. The lowest BCUT2D eigenvalue weighted by molar-refractivity contribution is -0.167. The van der Waals surface area contributed by atoms with Crippen molar-refractivity contribution in [3.05, 3.63) is 146 Å². The highest BCUT2D eigenvalue weighted by molar-refractivity contribution is 5.71. The van der Waals surface area contributed by atoms with Gasteiger partial charge in [0.2, 0.25) is 0 Å². The number of unbranched alkanes of at least 4 members (excludes halogenated alkanes) is 14. The van der Waals surface area contributed by atoms with Crippen LogP contribution in [0.2, 0.25) is 0 Å². The number of rotatable bonds is 49. The summed E-state index contributed by atoms with van der Waals surface area (Å²) in [7, 11) is 0. The summed E-state index contributed by atoms with van der Waals surface area (Å²) in [4.78, 5) is 38.2. The van der Waals surface area contributed by atoms with Gasteiger partial charge in [-0.1, -0.05) is 224 Å². The SMILES string of the molecule is CC/C=C\C/C=C\C/C=C\C/C=C\C/C=C\CCCC(=O)OC(COC(=O)CCCCCCC/C=C\C/C=C\C/C=C\CC)COC(=O)CCCCCCCCCC/C=C\C/C=C\C/C=C\C/C=C\CC. The maximum atomic E-state index is 12.8. The first-order valence-electron chi connectivity index (χ1n) is 28.3. The third-order valence-electron chi connectivity index (χ3n) is 11.3. The van der Waals surface area contributed by atoms with Gasteiger partial charge in [-0.25, -0.2) is 0 Å². The van der Waals surface area contributed by atoms with Gasteiger partial charge >= 0.3 is 17.9 Å². The van der Waals surface area contributed by atoms with Crippen LogP contribution in [0.25, 0.3) is 0 Å². The molecule has 0 spiro atoms. The van der Waals surface area contributed by atoms with Gasteiger partial charge in [-0.15, -0.1) is 0 Å². The number of carbonyl (C=O) groups excluding carboxylic acids is 3. The Balaban J connectivity index is 4.52. The van der Waals surface area contributed by atoms with E-state index in [0.29, 0.717) is 19.3 Å². The molecular weight excluding hydrogens is 877 g/mol. The maximum absolute atomic E-state index is 12.8. The van der Waals surface area contributed by atoms with Gasteiger partial charge in [-0.3, -0.25) is 14.4 Å². The Morgan fingerprint density at radius 2 is 0.521 bits per heavy atom. The summed E-state index contributed by atoms with van der Waals surface area (Å²) in [5.74, 6) is -1.01. The molecular formula is C65H102O6. The van der Waals surface area contributed by atoms with Crippen molar-refractivity contribution in [3.63, 3.8) is 0 Å². The highest BCUT2D eigenvalue weighted by atomic mass is 16.6. The average molecular weight is 980 g/mol. The van der Waals surface area contributed by atoms with Crippen molar-refractivity contribution in [2.24, 2.45) is 0 Å². The van der Waals surface area contributed by atoms with Crippen LogP contribution in [0.15, 0.2) is 146 Å². The third-order valence-corrected chi connectivity index (χ3v) is 11.3. The zero-order valence-electron chi connectivity index (χ0n) is 45.4. The first-order valence-corrected chi connectivity index (χ1v) is 28.3. The molecule has 0 aromatic rings. The van der Waals surface area contributed by atoms with Crippen LogP contribution in [0.1, 0.15) is 226 Å².